The number of ether oxygens (including phenoxy) is 5. The largest absolute Gasteiger partial charge is 0.368 e. The second-order valence-electron chi connectivity index (χ2n) is 8.23. The van der Waals surface area contributed by atoms with Crippen LogP contribution in [0.1, 0.15) is 23.6 Å². The van der Waals surface area contributed by atoms with Gasteiger partial charge in [-0.05, 0) is 23.6 Å². The highest BCUT2D eigenvalue weighted by Gasteiger charge is 2.47. The van der Waals surface area contributed by atoms with Gasteiger partial charge in [-0.15, -0.1) is 0 Å². The molecule has 1 aliphatic rings. The molecule has 5 atom stereocenters. The summed E-state index contributed by atoms with van der Waals surface area (Å²) in [5, 5.41) is 0. The van der Waals surface area contributed by atoms with Gasteiger partial charge in [-0.2, -0.15) is 0 Å². The summed E-state index contributed by atoms with van der Waals surface area (Å²) in [6.07, 6.45) is -1.92. The van der Waals surface area contributed by atoms with Crippen molar-refractivity contribution in [2.75, 3.05) is 7.11 Å². The topological polar surface area (TPSA) is 46.2 Å². The summed E-state index contributed by atoms with van der Waals surface area (Å²) < 4.78 is 31.0. The smallest absolute Gasteiger partial charge is 0.186 e. The Morgan fingerprint density at radius 3 is 1.39 bits per heavy atom. The zero-order valence-electron chi connectivity index (χ0n) is 19.2. The van der Waals surface area contributed by atoms with Crippen molar-refractivity contribution in [1.82, 2.24) is 0 Å². The van der Waals surface area contributed by atoms with Gasteiger partial charge in [0.25, 0.3) is 0 Å². The maximum atomic E-state index is 6.46. The van der Waals surface area contributed by atoms with E-state index < -0.39 is 12.4 Å². The molecule has 5 nitrogen and oxygen atoms in total. The van der Waals surface area contributed by atoms with E-state index in [4.69, 9.17) is 23.7 Å². The van der Waals surface area contributed by atoms with Gasteiger partial charge in [0, 0.05) is 7.11 Å². The molecule has 0 aromatic heterocycles. The summed E-state index contributed by atoms with van der Waals surface area (Å²) in [5.41, 5.74) is 3.27. The van der Waals surface area contributed by atoms with Gasteiger partial charge >= 0.3 is 0 Å². The number of hydrogen-bond donors (Lipinski definition) is 0. The van der Waals surface area contributed by atoms with E-state index >= 15 is 0 Å². The minimum atomic E-state index is -0.555. The average Bonchev–Trinajstić information content (AvgIpc) is 2.87. The Morgan fingerprint density at radius 2 is 0.970 bits per heavy atom. The fraction of sp³-hybridized carbons (Fsp3) is 0.357. The minimum Gasteiger partial charge on any atom is -0.368 e. The van der Waals surface area contributed by atoms with Crippen LogP contribution in [0.15, 0.2) is 91.0 Å². The third kappa shape index (κ3) is 6.50. The Hall–Kier alpha value is -2.54. The van der Waals surface area contributed by atoms with Crippen LogP contribution < -0.4 is 0 Å². The first-order valence-electron chi connectivity index (χ1n) is 11.4. The van der Waals surface area contributed by atoms with Crippen LogP contribution in [-0.2, 0) is 43.5 Å². The van der Waals surface area contributed by atoms with Crippen molar-refractivity contribution in [3.63, 3.8) is 0 Å². The Labute approximate surface area is 196 Å². The van der Waals surface area contributed by atoms with Gasteiger partial charge < -0.3 is 23.7 Å². The molecule has 174 valence electrons. The third-order valence-electron chi connectivity index (χ3n) is 5.82. The Morgan fingerprint density at radius 1 is 0.576 bits per heavy atom. The van der Waals surface area contributed by atoms with Crippen LogP contribution in [0.5, 0.6) is 0 Å². The van der Waals surface area contributed by atoms with Crippen LogP contribution >= 0.6 is 0 Å². The monoisotopic (exact) mass is 448 g/mol. The molecule has 0 aliphatic carbocycles. The maximum Gasteiger partial charge on any atom is 0.186 e. The molecule has 0 saturated carbocycles. The molecule has 0 spiro atoms. The van der Waals surface area contributed by atoms with Crippen molar-refractivity contribution in [2.24, 2.45) is 0 Å². The first kappa shape index (κ1) is 23.6. The fourth-order valence-electron chi connectivity index (χ4n) is 4.06. The van der Waals surface area contributed by atoms with Gasteiger partial charge in [0.2, 0.25) is 0 Å². The minimum absolute atomic E-state index is 0.226. The normalized spacial score (nSPS) is 25.1. The molecule has 4 rings (SSSR count). The van der Waals surface area contributed by atoms with Gasteiger partial charge in [-0.1, -0.05) is 91.0 Å². The molecule has 3 aromatic rings. The zero-order chi connectivity index (χ0) is 22.9. The van der Waals surface area contributed by atoms with Crippen molar-refractivity contribution in [3.05, 3.63) is 108 Å². The molecule has 3 aromatic carbocycles. The lowest BCUT2D eigenvalue weighted by Crippen LogP contribution is -2.59. The van der Waals surface area contributed by atoms with E-state index in [0.29, 0.717) is 19.8 Å². The Balaban J connectivity index is 1.53. The molecule has 0 unspecified atom stereocenters. The highest BCUT2D eigenvalue weighted by atomic mass is 16.7. The molecule has 5 heteroatoms. The standard InChI is InChI=1S/C28H32O5/c1-21-25(30-18-22-12-6-3-7-13-22)26(31-19-23-14-8-4-9-15-23)27(28(29-2)33-21)32-20-24-16-10-5-11-17-24/h3-17,21,25-28H,18-20H2,1-2H3/t21-,25+,26-,27-,28-/m0/s1. The molecule has 1 aliphatic heterocycles. The van der Waals surface area contributed by atoms with E-state index in [1.54, 1.807) is 7.11 Å². The summed E-state index contributed by atoms with van der Waals surface area (Å²) >= 11 is 0. The second-order valence-corrected chi connectivity index (χ2v) is 8.23. The van der Waals surface area contributed by atoms with Crippen LogP contribution in [0.2, 0.25) is 0 Å². The average molecular weight is 449 g/mol. The van der Waals surface area contributed by atoms with Crippen molar-refractivity contribution in [1.29, 1.82) is 0 Å². The highest BCUT2D eigenvalue weighted by Crippen LogP contribution is 2.30. The van der Waals surface area contributed by atoms with E-state index in [1.165, 1.54) is 0 Å². The predicted molar refractivity (Wildman–Crippen MR) is 126 cm³/mol. The van der Waals surface area contributed by atoms with Crippen molar-refractivity contribution >= 4 is 0 Å². The maximum absolute atomic E-state index is 6.46. The number of rotatable bonds is 10. The van der Waals surface area contributed by atoms with Crippen molar-refractivity contribution < 1.29 is 23.7 Å². The molecule has 0 bridgehead atoms. The predicted octanol–water partition coefficient (Wildman–Crippen LogP) is 5.13. The highest BCUT2D eigenvalue weighted by molar-refractivity contribution is 5.15. The lowest BCUT2D eigenvalue weighted by Gasteiger charge is -2.44. The van der Waals surface area contributed by atoms with E-state index in [2.05, 4.69) is 24.3 Å². The summed E-state index contributed by atoms with van der Waals surface area (Å²) in [6, 6.07) is 30.3. The fourth-order valence-corrected chi connectivity index (χ4v) is 4.06. The molecule has 0 N–H and O–H groups in total. The van der Waals surface area contributed by atoms with Gasteiger partial charge in [0.15, 0.2) is 6.29 Å². The zero-order valence-corrected chi connectivity index (χ0v) is 19.2. The summed E-state index contributed by atoms with van der Waals surface area (Å²) in [4.78, 5) is 0. The number of hydrogen-bond acceptors (Lipinski definition) is 5. The van der Waals surface area contributed by atoms with Crippen LogP contribution in [0, 0.1) is 0 Å². The van der Waals surface area contributed by atoms with Crippen molar-refractivity contribution in [3.8, 4) is 0 Å². The van der Waals surface area contributed by atoms with Crippen LogP contribution in [0.3, 0.4) is 0 Å². The molecule has 0 amide bonds. The third-order valence-corrected chi connectivity index (χ3v) is 5.82. The van der Waals surface area contributed by atoms with Crippen LogP contribution in [0.25, 0.3) is 0 Å². The molecular formula is C28H32O5. The molecule has 0 radical (unpaired) electrons. The second kappa shape index (κ2) is 12.1. The first-order chi connectivity index (χ1) is 16.2. The van der Waals surface area contributed by atoms with E-state index in [-0.39, 0.29) is 18.3 Å². The summed E-state index contributed by atoms with van der Waals surface area (Å²) in [7, 11) is 1.63. The van der Waals surface area contributed by atoms with Crippen LogP contribution in [0.4, 0.5) is 0 Å². The molecule has 1 heterocycles. The van der Waals surface area contributed by atoms with E-state index in [9.17, 15) is 0 Å². The SMILES string of the molecule is CO[C@H]1O[C@@H](C)[C@@H](OCc2ccccc2)[C@H](OCc2ccccc2)[C@@H]1OCc1ccccc1. The van der Waals surface area contributed by atoms with Gasteiger partial charge in [-0.3, -0.25) is 0 Å². The Kier molecular flexibility index (Phi) is 8.64. The lowest BCUT2D eigenvalue weighted by molar-refractivity contribution is -0.314. The molecule has 1 saturated heterocycles. The summed E-state index contributed by atoms with van der Waals surface area (Å²) in [6.45, 7) is 3.34. The van der Waals surface area contributed by atoms with Gasteiger partial charge in [0.1, 0.15) is 18.3 Å². The first-order valence-corrected chi connectivity index (χ1v) is 11.4. The van der Waals surface area contributed by atoms with E-state index in [1.807, 2.05) is 73.7 Å². The number of benzene rings is 3. The van der Waals surface area contributed by atoms with Gasteiger partial charge in [0.05, 0.1) is 25.9 Å². The van der Waals surface area contributed by atoms with E-state index in [0.717, 1.165) is 16.7 Å². The lowest BCUT2D eigenvalue weighted by atomic mass is 9.98. The quantitative estimate of drug-likeness (QED) is 0.430. The molecule has 33 heavy (non-hydrogen) atoms. The molecular weight excluding hydrogens is 416 g/mol. The van der Waals surface area contributed by atoms with Crippen molar-refractivity contribution in [2.45, 2.75) is 57.5 Å². The number of methoxy groups -OCH3 is 1. The summed E-state index contributed by atoms with van der Waals surface area (Å²) in [5.74, 6) is 0. The molecule has 1 fully saturated rings. The van der Waals surface area contributed by atoms with Crippen LogP contribution in [-0.4, -0.2) is 37.8 Å². The van der Waals surface area contributed by atoms with Gasteiger partial charge in [-0.25, -0.2) is 0 Å². The Bertz CT molecular complexity index is 934.